The van der Waals surface area contributed by atoms with Gasteiger partial charge in [0.2, 0.25) is 0 Å². The van der Waals surface area contributed by atoms with Crippen molar-refractivity contribution >= 4 is 23.5 Å². The number of halogens is 1. The molecule has 0 spiro atoms. The molecule has 4 rings (SSSR count). The Morgan fingerprint density at radius 1 is 0.828 bits per heavy atom. The lowest BCUT2D eigenvalue weighted by Crippen LogP contribution is -2.04. The van der Waals surface area contributed by atoms with Gasteiger partial charge in [0.1, 0.15) is 5.82 Å². The minimum absolute atomic E-state index is 0.258. The predicted octanol–water partition coefficient (Wildman–Crippen LogP) is 6.15. The highest BCUT2D eigenvalue weighted by Crippen LogP contribution is 2.28. The number of benzene rings is 3. The minimum Gasteiger partial charge on any atom is -0.298 e. The molecule has 0 saturated heterocycles. The van der Waals surface area contributed by atoms with E-state index in [4.69, 9.17) is 0 Å². The van der Waals surface area contributed by atoms with E-state index in [0.29, 0.717) is 6.54 Å². The van der Waals surface area contributed by atoms with Crippen LogP contribution in [0, 0.1) is 5.82 Å². The second kappa shape index (κ2) is 9.29. The summed E-state index contributed by atoms with van der Waals surface area (Å²) in [6.07, 6.45) is 2.08. The summed E-state index contributed by atoms with van der Waals surface area (Å²) in [7, 11) is 0. The summed E-state index contributed by atoms with van der Waals surface area (Å²) in [4.78, 5) is 1.25. The predicted molar refractivity (Wildman–Crippen MR) is 119 cm³/mol. The van der Waals surface area contributed by atoms with E-state index in [1.54, 1.807) is 35.7 Å². The highest BCUT2D eigenvalue weighted by molar-refractivity contribution is 7.98. The Bertz CT molecular complexity index is 1060. The van der Waals surface area contributed by atoms with E-state index < -0.39 is 0 Å². The number of hydrogen-bond acceptors (Lipinski definition) is 4. The van der Waals surface area contributed by atoms with Gasteiger partial charge in [-0.1, -0.05) is 54.2 Å². The normalized spacial score (nSPS) is 11.0. The highest BCUT2D eigenvalue weighted by Gasteiger charge is 2.15. The van der Waals surface area contributed by atoms with Crippen LogP contribution >= 0.6 is 23.5 Å². The van der Waals surface area contributed by atoms with Crippen LogP contribution in [0.1, 0.15) is 11.1 Å². The lowest BCUT2D eigenvalue weighted by atomic mass is 10.2. The third kappa shape index (κ3) is 4.89. The molecule has 0 radical (unpaired) electrons. The summed E-state index contributed by atoms with van der Waals surface area (Å²) in [5.41, 5.74) is 3.26. The zero-order chi connectivity index (χ0) is 20.1. The van der Waals surface area contributed by atoms with Gasteiger partial charge >= 0.3 is 0 Å². The van der Waals surface area contributed by atoms with Gasteiger partial charge in [0.05, 0.1) is 6.54 Å². The molecule has 1 heterocycles. The van der Waals surface area contributed by atoms with Crippen molar-refractivity contribution in [2.45, 2.75) is 22.3 Å². The van der Waals surface area contributed by atoms with Crippen molar-refractivity contribution in [1.82, 2.24) is 14.8 Å². The van der Waals surface area contributed by atoms with Gasteiger partial charge in [0.25, 0.3) is 0 Å². The van der Waals surface area contributed by atoms with E-state index in [1.807, 2.05) is 18.2 Å². The Kier molecular flexibility index (Phi) is 6.32. The van der Waals surface area contributed by atoms with Gasteiger partial charge in [-0.3, -0.25) is 4.57 Å². The Balaban J connectivity index is 1.62. The van der Waals surface area contributed by atoms with E-state index in [-0.39, 0.29) is 5.82 Å². The average molecular weight is 422 g/mol. The molecule has 0 atom stereocenters. The van der Waals surface area contributed by atoms with Gasteiger partial charge in [0, 0.05) is 16.2 Å². The van der Waals surface area contributed by atoms with E-state index in [9.17, 15) is 4.39 Å². The van der Waals surface area contributed by atoms with Crippen LogP contribution in [0.4, 0.5) is 4.39 Å². The first kappa shape index (κ1) is 19.7. The topological polar surface area (TPSA) is 30.7 Å². The molecule has 6 heteroatoms. The smallest absolute Gasteiger partial charge is 0.192 e. The van der Waals surface area contributed by atoms with Crippen LogP contribution in [0.5, 0.6) is 0 Å². The Labute approximate surface area is 178 Å². The SMILES string of the molecule is CSc1ccc(CSc2nnc(-c3ccc(F)cc3)n2Cc2ccccc2)cc1. The Morgan fingerprint density at radius 3 is 2.24 bits per heavy atom. The number of nitrogens with zero attached hydrogens (tertiary/aromatic N) is 3. The highest BCUT2D eigenvalue weighted by atomic mass is 32.2. The molecule has 0 fully saturated rings. The average Bonchev–Trinajstić information content (AvgIpc) is 3.16. The Morgan fingerprint density at radius 2 is 1.55 bits per heavy atom. The summed E-state index contributed by atoms with van der Waals surface area (Å²) in [5, 5.41) is 9.71. The van der Waals surface area contributed by atoms with Crippen LogP contribution in [0.15, 0.2) is 88.9 Å². The maximum Gasteiger partial charge on any atom is 0.192 e. The fourth-order valence-corrected chi connectivity index (χ4v) is 4.29. The quantitative estimate of drug-likeness (QED) is 0.335. The molecule has 0 saturated carbocycles. The second-order valence-corrected chi connectivity index (χ2v) is 8.34. The molecule has 29 heavy (non-hydrogen) atoms. The van der Waals surface area contributed by atoms with Gasteiger partial charge in [0.15, 0.2) is 11.0 Å². The first-order chi connectivity index (χ1) is 14.2. The molecule has 3 aromatic carbocycles. The molecular weight excluding hydrogens is 401 g/mol. The second-order valence-electron chi connectivity index (χ2n) is 6.52. The molecule has 0 aliphatic rings. The third-order valence-corrected chi connectivity index (χ3v) is 6.31. The number of aromatic nitrogens is 3. The fraction of sp³-hybridized carbons (Fsp3) is 0.130. The summed E-state index contributed by atoms with van der Waals surface area (Å²) in [6.45, 7) is 0.661. The molecule has 3 nitrogen and oxygen atoms in total. The van der Waals surface area contributed by atoms with Crippen molar-refractivity contribution in [1.29, 1.82) is 0 Å². The molecule has 0 bridgehead atoms. The molecule has 0 N–H and O–H groups in total. The van der Waals surface area contributed by atoms with E-state index in [1.165, 1.54) is 28.2 Å². The van der Waals surface area contributed by atoms with Crippen LogP contribution in [0.25, 0.3) is 11.4 Å². The van der Waals surface area contributed by atoms with Crippen LogP contribution in [-0.2, 0) is 12.3 Å². The molecule has 0 amide bonds. The van der Waals surface area contributed by atoms with Crippen LogP contribution < -0.4 is 0 Å². The minimum atomic E-state index is -0.258. The first-order valence-corrected chi connectivity index (χ1v) is 11.4. The van der Waals surface area contributed by atoms with Gasteiger partial charge in [-0.25, -0.2) is 4.39 Å². The zero-order valence-corrected chi connectivity index (χ0v) is 17.6. The van der Waals surface area contributed by atoms with Gasteiger partial charge < -0.3 is 0 Å². The summed E-state index contributed by atoms with van der Waals surface area (Å²) in [5.74, 6) is 1.30. The molecule has 0 aliphatic carbocycles. The lowest BCUT2D eigenvalue weighted by Gasteiger charge is -2.11. The monoisotopic (exact) mass is 421 g/mol. The maximum absolute atomic E-state index is 13.4. The number of rotatable bonds is 7. The standard InChI is InChI=1S/C23H20FN3S2/c1-28-21-13-7-18(8-14-21)16-29-23-26-25-22(19-9-11-20(24)12-10-19)27(23)15-17-5-3-2-4-6-17/h2-14H,15-16H2,1H3. The van der Waals surface area contributed by atoms with Crippen molar-refractivity contribution in [2.24, 2.45) is 0 Å². The maximum atomic E-state index is 13.4. The molecule has 4 aromatic rings. The van der Waals surface area contributed by atoms with E-state index in [0.717, 1.165) is 22.3 Å². The van der Waals surface area contributed by atoms with Gasteiger partial charge in [-0.2, -0.15) is 0 Å². The summed E-state index contributed by atoms with van der Waals surface area (Å²) in [6, 6.07) is 25.2. The number of thioether (sulfide) groups is 2. The largest absolute Gasteiger partial charge is 0.298 e. The van der Waals surface area contributed by atoms with Gasteiger partial charge in [-0.05, 0) is 53.8 Å². The van der Waals surface area contributed by atoms with Gasteiger partial charge in [-0.15, -0.1) is 22.0 Å². The third-order valence-electron chi connectivity index (χ3n) is 4.53. The fourth-order valence-electron chi connectivity index (χ4n) is 2.99. The molecule has 0 aliphatic heterocycles. The van der Waals surface area contributed by atoms with Crippen molar-refractivity contribution < 1.29 is 4.39 Å². The summed E-state index contributed by atoms with van der Waals surface area (Å²) < 4.78 is 15.5. The Hall–Kier alpha value is -2.57. The van der Waals surface area contributed by atoms with Crippen LogP contribution in [0.3, 0.4) is 0 Å². The van der Waals surface area contributed by atoms with Crippen molar-refractivity contribution in [3.63, 3.8) is 0 Å². The van der Waals surface area contributed by atoms with Crippen LogP contribution in [0.2, 0.25) is 0 Å². The van der Waals surface area contributed by atoms with E-state index >= 15 is 0 Å². The molecular formula is C23H20FN3S2. The summed E-state index contributed by atoms with van der Waals surface area (Å²) >= 11 is 3.40. The van der Waals surface area contributed by atoms with Crippen molar-refractivity contribution in [3.8, 4) is 11.4 Å². The van der Waals surface area contributed by atoms with E-state index in [2.05, 4.69) is 57.4 Å². The zero-order valence-electron chi connectivity index (χ0n) is 16.0. The molecule has 1 aromatic heterocycles. The van der Waals surface area contributed by atoms with Crippen molar-refractivity contribution in [2.75, 3.05) is 6.26 Å². The molecule has 0 unspecified atom stereocenters. The van der Waals surface area contributed by atoms with Crippen molar-refractivity contribution in [3.05, 3.63) is 95.8 Å². The molecule has 146 valence electrons. The number of hydrogen-bond donors (Lipinski definition) is 0. The first-order valence-electron chi connectivity index (χ1n) is 9.22. The van der Waals surface area contributed by atoms with Crippen LogP contribution in [-0.4, -0.2) is 21.0 Å². The lowest BCUT2D eigenvalue weighted by molar-refractivity contribution is 0.628.